The number of aliphatic imine (C=N–C) groups is 1. The van der Waals surface area contributed by atoms with Crippen LogP contribution in [-0.4, -0.2) is 28.9 Å². The average molecular weight is 432 g/mol. The number of benzene rings is 2. The van der Waals surface area contributed by atoms with E-state index in [0.717, 1.165) is 29.1 Å². The largest absolute Gasteiger partial charge is 0.405 e. The van der Waals surface area contributed by atoms with E-state index in [2.05, 4.69) is 33.5 Å². The number of hydrogen-bond acceptors (Lipinski definition) is 4. The van der Waals surface area contributed by atoms with Crippen molar-refractivity contribution in [2.75, 3.05) is 13.6 Å². The summed E-state index contributed by atoms with van der Waals surface area (Å²) < 4.78 is 2.11. The number of nitrogens with zero attached hydrogens (tertiary/aromatic N) is 3. The van der Waals surface area contributed by atoms with E-state index < -0.39 is 0 Å². The van der Waals surface area contributed by atoms with Crippen LogP contribution in [0.4, 0.5) is 0 Å². The lowest BCUT2D eigenvalue weighted by Gasteiger charge is -2.12. The number of rotatable bonds is 7. The van der Waals surface area contributed by atoms with Gasteiger partial charge in [-0.1, -0.05) is 60.0 Å². The van der Waals surface area contributed by atoms with Crippen LogP contribution in [0.25, 0.3) is 11.3 Å². The molecule has 0 unspecified atom stereocenters. The Morgan fingerprint density at radius 1 is 1.16 bits per heavy atom. The van der Waals surface area contributed by atoms with Gasteiger partial charge in [0.2, 0.25) is 0 Å². The minimum atomic E-state index is 0.506. The molecule has 0 bridgehead atoms. The first-order chi connectivity index (χ1) is 15.2. The van der Waals surface area contributed by atoms with Gasteiger partial charge in [0.1, 0.15) is 0 Å². The highest BCUT2D eigenvalue weighted by Crippen LogP contribution is 2.27. The fourth-order valence-electron chi connectivity index (χ4n) is 3.28. The molecule has 31 heavy (non-hydrogen) atoms. The van der Waals surface area contributed by atoms with Gasteiger partial charge < -0.3 is 16.0 Å². The lowest BCUT2D eigenvalue weighted by molar-refractivity contribution is 0.683. The molecule has 0 atom stereocenters. The molecule has 0 amide bonds. The van der Waals surface area contributed by atoms with E-state index in [-0.39, 0.29) is 0 Å². The van der Waals surface area contributed by atoms with Crippen LogP contribution >= 0.6 is 11.6 Å². The van der Waals surface area contributed by atoms with Crippen LogP contribution in [-0.2, 0) is 13.0 Å². The quantitative estimate of drug-likeness (QED) is 0.437. The molecule has 6 heteroatoms. The highest BCUT2D eigenvalue weighted by molar-refractivity contribution is 6.30. The first-order valence-corrected chi connectivity index (χ1v) is 10.5. The molecule has 3 rings (SSSR count). The Labute approximate surface area is 188 Å². The molecule has 5 nitrogen and oxygen atoms in total. The van der Waals surface area contributed by atoms with Gasteiger partial charge in [-0.15, -0.1) is 0 Å². The number of aromatic nitrogens is 2. The van der Waals surface area contributed by atoms with Gasteiger partial charge in [0.05, 0.1) is 17.1 Å². The molecule has 0 spiro atoms. The van der Waals surface area contributed by atoms with Gasteiger partial charge in [0.25, 0.3) is 0 Å². The standard InChI is InChI=1S/C25H26ClN5/c1-29-22(14-17-28)25-24(20-10-12-21(26)13-11-20)30-23(9-5-6-16-27)31(25)18-15-19-7-3-2-4-8-19/h2-4,7-8,10-14,17H,6,15-16,18,27-28H2,1H3. The summed E-state index contributed by atoms with van der Waals surface area (Å²) in [6, 6.07) is 17.9. The number of hydrogen-bond donors (Lipinski definition) is 2. The zero-order valence-corrected chi connectivity index (χ0v) is 18.3. The molecule has 0 aliphatic carbocycles. The Kier molecular flexibility index (Phi) is 8.05. The number of nitrogens with two attached hydrogens (primary N) is 2. The summed E-state index contributed by atoms with van der Waals surface area (Å²) in [5.74, 6) is 6.99. The summed E-state index contributed by atoms with van der Waals surface area (Å²) >= 11 is 6.11. The fourth-order valence-corrected chi connectivity index (χ4v) is 3.41. The van der Waals surface area contributed by atoms with E-state index >= 15 is 0 Å². The Hall–Kier alpha value is -3.33. The van der Waals surface area contributed by atoms with Crippen molar-refractivity contribution in [1.82, 2.24) is 9.55 Å². The third-order valence-electron chi connectivity index (χ3n) is 4.76. The molecule has 2 aromatic carbocycles. The lowest BCUT2D eigenvalue weighted by Crippen LogP contribution is -2.13. The monoisotopic (exact) mass is 431 g/mol. The van der Waals surface area contributed by atoms with Crippen molar-refractivity contribution in [2.24, 2.45) is 16.5 Å². The van der Waals surface area contributed by atoms with E-state index in [0.29, 0.717) is 30.4 Å². The second-order valence-electron chi connectivity index (χ2n) is 6.84. The number of imidazole rings is 1. The third kappa shape index (κ3) is 5.64. The van der Waals surface area contributed by atoms with E-state index in [1.54, 1.807) is 13.1 Å². The number of halogens is 1. The second-order valence-corrected chi connectivity index (χ2v) is 7.27. The van der Waals surface area contributed by atoms with Gasteiger partial charge in [0.15, 0.2) is 5.82 Å². The first-order valence-electron chi connectivity index (χ1n) is 10.1. The van der Waals surface area contributed by atoms with E-state index in [1.807, 2.05) is 42.5 Å². The molecule has 0 fully saturated rings. The molecule has 0 saturated carbocycles. The van der Waals surface area contributed by atoms with E-state index in [4.69, 9.17) is 28.1 Å². The summed E-state index contributed by atoms with van der Waals surface area (Å²) in [7, 11) is 1.75. The Morgan fingerprint density at radius 2 is 1.90 bits per heavy atom. The molecule has 3 aromatic rings. The van der Waals surface area contributed by atoms with Crippen LogP contribution in [0.1, 0.15) is 23.5 Å². The van der Waals surface area contributed by atoms with Gasteiger partial charge in [-0.25, -0.2) is 4.98 Å². The maximum Gasteiger partial charge on any atom is 0.186 e. The molecule has 0 aliphatic heterocycles. The van der Waals surface area contributed by atoms with Gasteiger partial charge in [-0.05, 0) is 42.3 Å². The van der Waals surface area contributed by atoms with Crippen LogP contribution in [0.5, 0.6) is 0 Å². The van der Waals surface area contributed by atoms with Crippen LogP contribution in [0.2, 0.25) is 5.02 Å². The van der Waals surface area contributed by atoms with Gasteiger partial charge in [-0.3, -0.25) is 4.99 Å². The number of aryl methyl sites for hydroxylation is 1. The molecule has 0 radical (unpaired) electrons. The van der Waals surface area contributed by atoms with Crippen LogP contribution in [0, 0.1) is 11.8 Å². The zero-order chi connectivity index (χ0) is 22.1. The molecule has 1 aromatic heterocycles. The highest BCUT2D eigenvalue weighted by atomic mass is 35.5. The topological polar surface area (TPSA) is 82.2 Å². The fraction of sp³-hybridized carbons (Fsp3) is 0.200. The predicted molar refractivity (Wildman–Crippen MR) is 129 cm³/mol. The third-order valence-corrected chi connectivity index (χ3v) is 5.01. The lowest BCUT2D eigenvalue weighted by atomic mass is 10.1. The molecule has 0 saturated heterocycles. The van der Waals surface area contributed by atoms with E-state index in [1.165, 1.54) is 11.8 Å². The summed E-state index contributed by atoms with van der Waals surface area (Å²) in [4.78, 5) is 9.37. The maximum atomic E-state index is 6.11. The second kappa shape index (κ2) is 11.2. The minimum Gasteiger partial charge on any atom is -0.405 e. The Balaban J connectivity index is 2.17. The SMILES string of the molecule is CN=C(C=CN)c1c(-c2ccc(Cl)cc2)nc(C#CCCN)n1CCc1ccccc1. The minimum absolute atomic E-state index is 0.506. The first kappa shape index (κ1) is 22.4. The van der Waals surface area contributed by atoms with E-state index in [9.17, 15) is 0 Å². The summed E-state index contributed by atoms with van der Waals surface area (Å²) in [6.07, 6.45) is 4.71. The van der Waals surface area contributed by atoms with Crippen LogP contribution in [0.3, 0.4) is 0 Å². The summed E-state index contributed by atoms with van der Waals surface area (Å²) in [5, 5.41) is 0.669. The van der Waals surface area contributed by atoms with Crippen molar-refractivity contribution in [1.29, 1.82) is 0 Å². The van der Waals surface area contributed by atoms with Crippen molar-refractivity contribution >= 4 is 17.3 Å². The van der Waals surface area contributed by atoms with Crippen molar-refractivity contribution in [3.63, 3.8) is 0 Å². The normalized spacial score (nSPS) is 11.5. The van der Waals surface area contributed by atoms with Crippen molar-refractivity contribution < 1.29 is 0 Å². The molecule has 1 heterocycles. The maximum absolute atomic E-state index is 6.11. The predicted octanol–water partition coefficient (Wildman–Crippen LogP) is 4.04. The van der Waals surface area contributed by atoms with Crippen molar-refractivity contribution in [3.8, 4) is 23.1 Å². The smallest absolute Gasteiger partial charge is 0.186 e. The van der Waals surface area contributed by atoms with Crippen LogP contribution < -0.4 is 11.5 Å². The van der Waals surface area contributed by atoms with Crippen LogP contribution in [0.15, 0.2) is 71.9 Å². The van der Waals surface area contributed by atoms with Crippen molar-refractivity contribution in [3.05, 3.63) is 89.0 Å². The van der Waals surface area contributed by atoms with Gasteiger partial charge in [-0.2, -0.15) is 0 Å². The highest BCUT2D eigenvalue weighted by Gasteiger charge is 2.20. The summed E-state index contributed by atoms with van der Waals surface area (Å²) in [6.45, 7) is 1.20. The van der Waals surface area contributed by atoms with Crippen molar-refractivity contribution in [2.45, 2.75) is 19.4 Å². The van der Waals surface area contributed by atoms with Gasteiger partial charge >= 0.3 is 0 Å². The molecular weight excluding hydrogens is 406 g/mol. The summed E-state index contributed by atoms with van der Waals surface area (Å²) in [5.41, 5.74) is 15.9. The number of allylic oxidation sites excluding steroid dienone is 1. The Bertz CT molecular complexity index is 1120. The average Bonchev–Trinajstić information content (AvgIpc) is 3.15. The molecule has 0 aliphatic rings. The molecule has 158 valence electrons. The molecule has 4 N–H and O–H groups in total. The molecular formula is C25H26ClN5. The zero-order valence-electron chi connectivity index (χ0n) is 17.6. The van der Waals surface area contributed by atoms with Gasteiger partial charge in [0, 0.05) is 37.1 Å². The Morgan fingerprint density at radius 3 is 2.55 bits per heavy atom.